The van der Waals surface area contributed by atoms with Crippen molar-refractivity contribution in [2.45, 2.75) is 0 Å². The van der Waals surface area contributed by atoms with E-state index in [0.29, 0.717) is 0 Å². The van der Waals surface area contributed by atoms with Crippen molar-refractivity contribution in [2.75, 3.05) is 5.32 Å². The molecule has 0 spiro atoms. The van der Waals surface area contributed by atoms with Gasteiger partial charge < -0.3 is 14.6 Å². The van der Waals surface area contributed by atoms with Crippen molar-refractivity contribution in [1.29, 1.82) is 0 Å². The molecule has 0 unspecified atom stereocenters. The lowest BCUT2D eigenvalue weighted by atomic mass is 9.95. The van der Waals surface area contributed by atoms with E-state index in [0.717, 1.165) is 67.0 Å². The summed E-state index contributed by atoms with van der Waals surface area (Å²) in [5, 5.41) is 8.61. The van der Waals surface area contributed by atoms with E-state index in [9.17, 15) is 0 Å². The fraction of sp³-hybridized carbons (Fsp3) is 0. The number of nitrogens with zero attached hydrogens (tertiary/aromatic N) is 1. The van der Waals surface area contributed by atoms with Crippen LogP contribution in [0.15, 0.2) is 207 Å². The fourth-order valence-electron chi connectivity index (χ4n) is 7.92. The molecule has 0 aliphatic carbocycles. The van der Waals surface area contributed by atoms with E-state index in [2.05, 4.69) is 180 Å². The average Bonchev–Trinajstić information content (AvgIpc) is 3.57. The van der Waals surface area contributed by atoms with Crippen LogP contribution < -0.4 is 10.1 Å². The molecule has 1 N–H and O–H groups in total. The quantitative estimate of drug-likeness (QED) is 0.186. The van der Waals surface area contributed by atoms with Gasteiger partial charge >= 0.3 is 0 Å². The number of fused-ring (bicyclic) bond motifs is 5. The van der Waals surface area contributed by atoms with E-state index >= 15 is 0 Å². The van der Waals surface area contributed by atoms with Gasteiger partial charge in [-0.1, -0.05) is 128 Å². The molecule has 10 rings (SSSR count). The van der Waals surface area contributed by atoms with Crippen LogP contribution in [0, 0.1) is 0 Å². The second-order valence-corrected chi connectivity index (χ2v) is 14.0. The van der Waals surface area contributed by atoms with Crippen LogP contribution >= 0.6 is 0 Å². The second kappa shape index (κ2) is 13.6. The van der Waals surface area contributed by atoms with Gasteiger partial charge in [0.15, 0.2) is 0 Å². The van der Waals surface area contributed by atoms with Gasteiger partial charge in [-0.15, -0.1) is 0 Å². The summed E-state index contributed by atoms with van der Waals surface area (Å²) in [6, 6.07) is 64.6. The molecule has 0 amide bonds. The van der Waals surface area contributed by atoms with E-state index in [1.807, 2.05) is 30.3 Å². The molecule has 0 bridgehead atoms. The minimum atomic E-state index is 0.810. The lowest BCUT2D eigenvalue weighted by Crippen LogP contribution is -1.96. The standard InChI is InChI=1S/C52H36N2O/c1-35-31-40(29-30-55-52-22-11-9-18-43(35)52)37-23-26-44-41(32-37)15-12-20-48(44)53-49-27-24-38(33-46(49)36-13-4-2-5-14-36)39-25-28-51-47(34-39)45-19-8-10-21-50(45)54(51)42-16-6-3-7-17-42/h2-34,53H,1H2/b30-29-,40-31+. The minimum Gasteiger partial charge on any atom is -0.464 e. The van der Waals surface area contributed by atoms with Crippen molar-refractivity contribution in [3.8, 4) is 33.7 Å². The largest absolute Gasteiger partial charge is 0.464 e. The predicted molar refractivity (Wildman–Crippen MR) is 232 cm³/mol. The second-order valence-electron chi connectivity index (χ2n) is 14.0. The average molecular weight is 705 g/mol. The molecular formula is C52H36N2O. The number of anilines is 2. The van der Waals surface area contributed by atoms with E-state index in [1.54, 1.807) is 6.26 Å². The Morgan fingerprint density at radius 3 is 2.09 bits per heavy atom. The maximum absolute atomic E-state index is 5.97. The summed E-state index contributed by atoms with van der Waals surface area (Å²) >= 11 is 0. The number of rotatable bonds is 6. The van der Waals surface area contributed by atoms with Crippen molar-refractivity contribution in [3.05, 3.63) is 218 Å². The molecule has 0 atom stereocenters. The van der Waals surface area contributed by atoms with Crippen LogP contribution in [0.2, 0.25) is 0 Å². The molecule has 9 aromatic rings. The van der Waals surface area contributed by atoms with Crippen LogP contribution in [-0.2, 0) is 0 Å². The number of ether oxygens (including phenoxy) is 1. The SMILES string of the molecule is C=C1/C=C(c2ccc3c(Nc4ccc(-c5ccc6c(c5)c5ccccc5n6-c5ccccc5)cc4-c4ccccc4)cccc3c2)\C=C/Oc2ccccc21. The monoisotopic (exact) mass is 704 g/mol. The molecule has 0 radical (unpaired) electrons. The Morgan fingerprint density at radius 1 is 0.473 bits per heavy atom. The van der Waals surface area contributed by atoms with Crippen LogP contribution in [0.25, 0.3) is 71.7 Å². The topological polar surface area (TPSA) is 26.2 Å². The van der Waals surface area contributed by atoms with Crippen molar-refractivity contribution in [1.82, 2.24) is 4.57 Å². The van der Waals surface area contributed by atoms with E-state index in [-0.39, 0.29) is 0 Å². The molecule has 55 heavy (non-hydrogen) atoms. The Labute approximate surface area is 320 Å². The van der Waals surface area contributed by atoms with E-state index in [1.165, 1.54) is 32.9 Å². The van der Waals surface area contributed by atoms with Gasteiger partial charge in [-0.2, -0.15) is 0 Å². The normalized spacial score (nSPS) is 14.1. The van der Waals surface area contributed by atoms with Crippen LogP contribution in [0.4, 0.5) is 11.4 Å². The number of benzene rings is 8. The molecule has 8 aromatic carbocycles. The maximum Gasteiger partial charge on any atom is 0.134 e. The lowest BCUT2D eigenvalue weighted by molar-refractivity contribution is 0.480. The molecule has 0 fully saturated rings. The van der Waals surface area contributed by atoms with Crippen LogP contribution in [-0.4, -0.2) is 4.57 Å². The van der Waals surface area contributed by atoms with Crippen LogP contribution in [0.5, 0.6) is 5.75 Å². The highest BCUT2D eigenvalue weighted by molar-refractivity contribution is 6.10. The third-order valence-corrected chi connectivity index (χ3v) is 10.6. The van der Waals surface area contributed by atoms with Crippen LogP contribution in [0.1, 0.15) is 11.1 Å². The highest BCUT2D eigenvalue weighted by Crippen LogP contribution is 2.40. The smallest absolute Gasteiger partial charge is 0.134 e. The van der Waals surface area contributed by atoms with E-state index < -0.39 is 0 Å². The summed E-state index contributed by atoms with van der Waals surface area (Å²) in [6.07, 6.45) is 5.90. The van der Waals surface area contributed by atoms with Crippen molar-refractivity contribution in [2.24, 2.45) is 0 Å². The molecule has 1 aromatic heterocycles. The number of aromatic nitrogens is 1. The van der Waals surface area contributed by atoms with Gasteiger partial charge in [-0.05, 0) is 112 Å². The maximum atomic E-state index is 5.97. The zero-order chi connectivity index (χ0) is 36.7. The Morgan fingerprint density at radius 2 is 1.20 bits per heavy atom. The Hall–Kier alpha value is -7.36. The van der Waals surface area contributed by atoms with Crippen LogP contribution in [0.3, 0.4) is 0 Å². The molecule has 260 valence electrons. The molecule has 0 saturated carbocycles. The number of allylic oxidation sites excluding steroid dienone is 4. The van der Waals surface area contributed by atoms with Gasteiger partial charge in [0.1, 0.15) is 5.75 Å². The Bertz CT molecular complexity index is 2990. The van der Waals surface area contributed by atoms with E-state index in [4.69, 9.17) is 4.74 Å². The molecule has 3 heteroatoms. The molecule has 1 aliphatic rings. The third-order valence-electron chi connectivity index (χ3n) is 10.6. The Balaban J connectivity index is 1.03. The van der Waals surface area contributed by atoms with Gasteiger partial charge in [0, 0.05) is 44.3 Å². The van der Waals surface area contributed by atoms with Gasteiger partial charge in [0.25, 0.3) is 0 Å². The number of nitrogens with one attached hydrogen (secondary N) is 1. The fourth-order valence-corrected chi connectivity index (χ4v) is 7.92. The van der Waals surface area contributed by atoms with Crippen molar-refractivity contribution in [3.63, 3.8) is 0 Å². The van der Waals surface area contributed by atoms with Crippen molar-refractivity contribution < 1.29 is 4.74 Å². The van der Waals surface area contributed by atoms with Gasteiger partial charge in [0.05, 0.1) is 17.3 Å². The first-order chi connectivity index (χ1) is 27.2. The highest BCUT2D eigenvalue weighted by atomic mass is 16.5. The first-order valence-electron chi connectivity index (χ1n) is 18.6. The lowest BCUT2D eigenvalue weighted by Gasteiger charge is -2.17. The molecule has 3 nitrogen and oxygen atoms in total. The number of para-hydroxylation sites is 3. The van der Waals surface area contributed by atoms with Crippen molar-refractivity contribution >= 4 is 55.1 Å². The molecule has 1 aliphatic heterocycles. The number of hydrogen-bond acceptors (Lipinski definition) is 2. The summed E-state index contributed by atoms with van der Waals surface area (Å²) in [7, 11) is 0. The molecule has 2 heterocycles. The summed E-state index contributed by atoms with van der Waals surface area (Å²) in [4.78, 5) is 0. The molecule has 0 saturated heterocycles. The molecular weight excluding hydrogens is 669 g/mol. The first kappa shape index (κ1) is 32.3. The summed E-state index contributed by atoms with van der Waals surface area (Å²) < 4.78 is 8.33. The summed E-state index contributed by atoms with van der Waals surface area (Å²) in [5.74, 6) is 0.810. The van der Waals surface area contributed by atoms with Gasteiger partial charge in [-0.25, -0.2) is 0 Å². The summed E-state index contributed by atoms with van der Waals surface area (Å²) in [6.45, 7) is 4.35. The highest BCUT2D eigenvalue weighted by Gasteiger charge is 2.16. The predicted octanol–water partition coefficient (Wildman–Crippen LogP) is 14.0. The minimum absolute atomic E-state index is 0.810. The first-order valence-corrected chi connectivity index (χ1v) is 18.6. The Kier molecular flexibility index (Phi) is 7.96. The summed E-state index contributed by atoms with van der Waals surface area (Å²) in [5.41, 5.74) is 14.4. The zero-order valence-corrected chi connectivity index (χ0v) is 30.1. The number of hydrogen-bond donors (Lipinski definition) is 1. The third kappa shape index (κ3) is 5.89. The zero-order valence-electron chi connectivity index (χ0n) is 30.1. The van der Waals surface area contributed by atoms with Gasteiger partial charge in [-0.3, -0.25) is 0 Å². The van der Waals surface area contributed by atoms with Gasteiger partial charge in [0.2, 0.25) is 0 Å².